The Morgan fingerprint density at radius 2 is 1.59 bits per heavy atom. The zero-order valence-corrected chi connectivity index (χ0v) is 16.3. The minimum absolute atomic E-state index is 0.0632. The van der Waals surface area contributed by atoms with E-state index in [-0.39, 0.29) is 18.4 Å². The number of carbonyl (C=O) groups excluding carboxylic acids is 1. The molecule has 6 heteroatoms. The molecule has 0 aromatic heterocycles. The van der Waals surface area contributed by atoms with Gasteiger partial charge in [0.2, 0.25) is 5.91 Å². The number of hydrogen-bond donors (Lipinski definition) is 1. The lowest BCUT2D eigenvalue weighted by molar-refractivity contribution is -0.137. The van der Waals surface area contributed by atoms with Crippen LogP contribution in [0.5, 0.6) is 0 Å². The average molecular weight is 398 g/mol. The van der Waals surface area contributed by atoms with E-state index in [0.29, 0.717) is 17.4 Å². The highest BCUT2D eigenvalue weighted by Crippen LogP contribution is 2.57. The summed E-state index contributed by atoms with van der Waals surface area (Å²) in [6.07, 6.45) is 0.682. The Kier molecular flexibility index (Phi) is 5.21. The van der Waals surface area contributed by atoms with E-state index in [9.17, 15) is 18.0 Å². The van der Waals surface area contributed by atoms with Crippen LogP contribution in [0.15, 0.2) is 24.3 Å². The van der Waals surface area contributed by atoms with Gasteiger partial charge in [0.05, 0.1) is 12.0 Å². The van der Waals surface area contributed by atoms with Gasteiger partial charge < -0.3 is 5.32 Å². The minimum atomic E-state index is -4.34. The molecule has 0 atom stereocenters. The van der Waals surface area contributed by atoms with Crippen LogP contribution >= 0.6 is 11.8 Å². The molecule has 1 aromatic carbocycles. The molecule has 0 radical (unpaired) electrons. The first-order valence-corrected chi connectivity index (χ1v) is 11.0. The van der Waals surface area contributed by atoms with Gasteiger partial charge in [0.15, 0.2) is 0 Å². The Labute approximate surface area is 162 Å². The van der Waals surface area contributed by atoms with Crippen molar-refractivity contribution in [2.45, 2.75) is 56.5 Å². The van der Waals surface area contributed by atoms with Crippen molar-refractivity contribution in [2.24, 2.45) is 23.7 Å². The summed E-state index contributed by atoms with van der Waals surface area (Å²) < 4.78 is 38.0. The molecule has 4 aliphatic carbocycles. The first-order valence-electron chi connectivity index (χ1n) is 9.92. The number of thioether (sulfide) groups is 1. The monoisotopic (exact) mass is 397 g/mol. The molecule has 4 saturated carbocycles. The molecule has 27 heavy (non-hydrogen) atoms. The Morgan fingerprint density at radius 3 is 2.07 bits per heavy atom. The fourth-order valence-corrected chi connectivity index (χ4v) is 7.14. The normalized spacial score (nSPS) is 34.7. The van der Waals surface area contributed by atoms with Gasteiger partial charge in [0, 0.05) is 11.3 Å². The van der Waals surface area contributed by atoms with Gasteiger partial charge in [-0.2, -0.15) is 24.9 Å². The minimum Gasteiger partial charge on any atom is -0.353 e. The van der Waals surface area contributed by atoms with E-state index < -0.39 is 11.7 Å². The highest BCUT2D eigenvalue weighted by molar-refractivity contribution is 7.99. The molecular weight excluding hydrogens is 371 g/mol. The van der Waals surface area contributed by atoms with Crippen molar-refractivity contribution >= 4 is 17.7 Å². The van der Waals surface area contributed by atoms with Crippen molar-refractivity contribution in [1.82, 2.24) is 5.32 Å². The maximum atomic E-state index is 12.7. The van der Waals surface area contributed by atoms with E-state index in [1.807, 2.05) is 0 Å². The molecule has 1 amide bonds. The number of amides is 1. The van der Waals surface area contributed by atoms with E-state index in [1.54, 1.807) is 0 Å². The van der Waals surface area contributed by atoms with Gasteiger partial charge in [-0.1, -0.05) is 19.1 Å². The van der Waals surface area contributed by atoms with Crippen LogP contribution in [-0.4, -0.2) is 23.0 Å². The van der Waals surface area contributed by atoms with E-state index in [4.69, 9.17) is 0 Å². The fraction of sp³-hybridized carbons (Fsp3) is 0.667. The molecule has 5 rings (SSSR count). The topological polar surface area (TPSA) is 29.1 Å². The number of benzene rings is 1. The molecule has 1 N–H and O–H groups in total. The lowest BCUT2D eigenvalue weighted by Gasteiger charge is -2.57. The Hall–Kier alpha value is -1.17. The van der Waals surface area contributed by atoms with Gasteiger partial charge in [-0.25, -0.2) is 0 Å². The van der Waals surface area contributed by atoms with Crippen molar-refractivity contribution in [3.63, 3.8) is 0 Å². The molecule has 2 nitrogen and oxygen atoms in total. The van der Waals surface area contributed by atoms with Crippen molar-refractivity contribution in [1.29, 1.82) is 0 Å². The molecule has 4 aliphatic rings. The first kappa shape index (κ1) is 19.2. The van der Waals surface area contributed by atoms with Crippen molar-refractivity contribution < 1.29 is 18.0 Å². The summed E-state index contributed by atoms with van der Waals surface area (Å²) in [4.78, 5) is 12.5. The quantitative estimate of drug-likeness (QED) is 0.764. The van der Waals surface area contributed by atoms with Crippen molar-refractivity contribution in [3.05, 3.63) is 35.4 Å². The number of hydrogen-bond acceptors (Lipinski definition) is 2. The second-order valence-corrected chi connectivity index (χ2v) is 9.82. The molecule has 148 valence electrons. The molecule has 4 fully saturated rings. The Bertz CT molecular complexity index is 658. The van der Waals surface area contributed by atoms with Crippen molar-refractivity contribution in [2.75, 3.05) is 5.75 Å². The summed E-state index contributed by atoms with van der Waals surface area (Å²) >= 11 is 2.12. The van der Waals surface area contributed by atoms with Gasteiger partial charge in [0.1, 0.15) is 0 Å². The SMILES string of the molecule is CCSC1C2CC3CC1CC(C2)C3NC(=O)Cc1ccc(C(F)(F)F)cc1. The number of nitrogens with one attached hydrogen (secondary N) is 1. The smallest absolute Gasteiger partial charge is 0.353 e. The third-order valence-corrected chi connectivity index (χ3v) is 8.19. The van der Waals surface area contributed by atoms with Gasteiger partial charge in [0.25, 0.3) is 0 Å². The van der Waals surface area contributed by atoms with E-state index >= 15 is 0 Å². The predicted molar refractivity (Wildman–Crippen MR) is 101 cm³/mol. The second kappa shape index (κ2) is 7.34. The molecule has 0 saturated heterocycles. The number of carbonyl (C=O) groups is 1. The van der Waals surface area contributed by atoms with E-state index in [1.165, 1.54) is 43.6 Å². The van der Waals surface area contributed by atoms with Gasteiger partial charge in [-0.3, -0.25) is 4.79 Å². The Morgan fingerprint density at radius 1 is 1.04 bits per heavy atom. The standard InChI is InChI=1S/C21H26F3NOS/c1-2-27-20-15-8-13-9-16(20)11-14(10-15)19(13)25-18(26)7-12-3-5-17(6-4-12)21(22,23)24/h3-6,13-16,19-20H,2,7-11H2,1H3,(H,25,26). The molecule has 0 aliphatic heterocycles. The summed E-state index contributed by atoms with van der Waals surface area (Å²) in [5, 5.41) is 4.05. The highest BCUT2D eigenvalue weighted by Gasteiger charge is 2.53. The maximum absolute atomic E-state index is 12.7. The third kappa shape index (κ3) is 3.87. The average Bonchev–Trinajstić information content (AvgIpc) is 2.59. The van der Waals surface area contributed by atoms with Gasteiger partial charge >= 0.3 is 6.18 Å². The number of alkyl halides is 3. The van der Waals surface area contributed by atoms with Crippen LogP contribution in [-0.2, 0) is 17.4 Å². The molecule has 0 unspecified atom stereocenters. The number of rotatable bonds is 5. The fourth-order valence-electron chi connectivity index (χ4n) is 5.77. The van der Waals surface area contributed by atoms with E-state index in [2.05, 4.69) is 24.0 Å². The summed E-state index contributed by atoms with van der Waals surface area (Å²) in [6.45, 7) is 2.24. The van der Waals surface area contributed by atoms with Crippen molar-refractivity contribution in [3.8, 4) is 0 Å². The molecular formula is C21H26F3NOS. The molecule has 0 heterocycles. The zero-order valence-electron chi connectivity index (χ0n) is 15.5. The summed E-state index contributed by atoms with van der Waals surface area (Å²) in [5.41, 5.74) is -0.0454. The number of halogens is 3. The van der Waals surface area contributed by atoms with Crippen LogP contribution in [0, 0.1) is 23.7 Å². The van der Waals surface area contributed by atoms with Crippen LogP contribution in [0.25, 0.3) is 0 Å². The summed E-state index contributed by atoms with van der Waals surface area (Å²) in [6, 6.07) is 5.18. The molecule has 4 bridgehead atoms. The van der Waals surface area contributed by atoms with Crippen LogP contribution in [0.3, 0.4) is 0 Å². The lowest BCUT2D eigenvalue weighted by atomic mass is 9.54. The van der Waals surface area contributed by atoms with Gasteiger partial charge in [-0.05, 0) is 72.8 Å². The van der Waals surface area contributed by atoms with Crippen LogP contribution in [0.1, 0.15) is 43.7 Å². The third-order valence-electron chi connectivity index (χ3n) is 6.70. The zero-order chi connectivity index (χ0) is 19.2. The second-order valence-electron chi connectivity index (χ2n) is 8.37. The maximum Gasteiger partial charge on any atom is 0.416 e. The van der Waals surface area contributed by atoms with E-state index in [0.717, 1.165) is 29.2 Å². The summed E-state index contributed by atoms with van der Waals surface area (Å²) in [5.74, 6) is 3.89. The van der Waals surface area contributed by atoms with Crippen LogP contribution < -0.4 is 5.32 Å². The molecule has 1 aromatic rings. The van der Waals surface area contributed by atoms with Crippen LogP contribution in [0.4, 0.5) is 13.2 Å². The van der Waals surface area contributed by atoms with Crippen LogP contribution in [0.2, 0.25) is 0 Å². The summed E-state index contributed by atoms with van der Waals surface area (Å²) in [7, 11) is 0. The molecule has 0 spiro atoms. The predicted octanol–water partition coefficient (Wildman–Crippen LogP) is 4.92. The lowest BCUT2D eigenvalue weighted by Crippen LogP contribution is -2.59. The Balaban J connectivity index is 1.35. The highest BCUT2D eigenvalue weighted by atomic mass is 32.2. The first-order chi connectivity index (χ1) is 12.8. The van der Waals surface area contributed by atoms with Gasteiger partial charge in [-0.15, -0.1) is 0 Å². The largest absolute Gasteiger partial charge is 0.416 e.